The fourth-order valence-corrected chi connectivity index (χ4v) is 16.0. The molecule has 9 aromatic rings. The maximum atomic E-state index is 7.40. The van der Waals surface area contributed by atoms with Crippen molar-refractivity contribution in [3.8, 4) is 11.1 Å². The van der Waals surface area contributed by atoms with Crippen molar-refractivity contribution in [1.29, 1.82) is 0 Å². The first-order chi connectivity index (χ1) is 34.1. The van der Waals surface area contributed by atoms with Crippen molar-refractivity contribution in [2.24, 2.45) is 0 Å². The lowest BCUT2D eigenvalue weighted by molar-refractivity contribution is 0.332. The Bertz CT molecular complexity index is 3870. The van der Waals surface area contributed by atoms with E-state index in [2.05, 4.69) is 209 Å². The van der Waals surface area contributed by atoms with E-state index >= 15 is 0 Å². The van der Waals surface area contributed by atoms with Crippen LogP contribution in [0.1, 0.15) is 161 Å². The smallest absolute Gasteiger partial charge is 0.334 e. The number of aryl methyl sites for hydroxylation is 1. The lowest BCUT2D eigenvalue weighted by atomic mass is 9.43. The second-order valence-corrected chi connectivity index (χ2v) is 27.9. The predicted octanol–water partition coefficient (Wildman–Crippen LogP) is 18.0. The lowest BCUT2D eigenvalue weighted by Gasteiger charge is -2.49. The van der Waals surface area contributed by atoms with Crippen molar-refractivity contribution in [3.63, 3.8) is 0 Å². The number of anilines is 5. The fraction of sp³-hybridized carbons (Fsp3) is 0.373. The van der Waals surface area contributed by atoms with Gasteiger partial charge in [-0.3, -0.25) is 0 Å². The largest absolute Gasteiger partial charge is 0.454 e. The summed E-state index contributed by atoms with van der Waals surface area (Å²) in [6, 6.07) is 43.5. The molecule has 5 heteroatoms. The van der Waals surface area contributed by atoms with Crippen LogP contribution in [0.25, 0.3) is 53.2 Å². The summed E-state index contributed by atoms with van der Waals surface area (Å²) in [6.45, 7) is 31.9. The molecule has 72 heavy (non-hydrogen) atoms. The van der Waals surface area contributed by atoms with Gasteiger partial charge in [0.05, 0.1) is 5.69 Å². The second kappa shape index (κ2) is 14.3. The van der Waals surface area contributed by atoms with Crippen LogP contribution in [0.5, 0.6) is 0 Å². The number of rotatable bonds is 2. The molecule has 0 amide bonds. The Kier molecular flexibility index (Phi) is 8.91. The van der Waals surface area contributed by atoms with E-state index in [0.29, 0.717) is 0 Å². The van der Waals surface area contributed by atoms with Gasteiger partial charge in [-0.25, -0.2) is 0 Å². The summed E-state index contributed by atoms with van der Waals surface area (Å²) in [4.78, 5) is 5.52. The van der Waals surface area contributed by atoms with E-state index in [-0.39, 0.29) is 39.3 Å². The molecule has 0 spiro atoms. The monoisotopic (exact) mass is 961 g/mol. The Labute approximate surface area is 431 Å². The Balaban J connectivity index is 1.19. The molecule has 0 N–H and O–H groups in total. The Hall–Kier alpha value is -5.78. The fourth-order valence-electron chi connectivity index (χ4n) is 14.7. The van der Waals surface area contributed by atoms with Crippen LogP contribution < -0.4 is 20.6 Å². The van der Waals surface area contributed by atoms with Crippen LogP contribution in [0, 0.1) is 6.92 Å². The Morgan fingerprint density at radius 2 is 1.01 bits per heavy atom. The van der Waals surface area contributed by atoms with Crippen molar-refractivity contribution in [2.75, 3.05) is 9.71 Å². The molecular weight excluding hydrogens is 892 g/mol. The van der Waals surface area contributed by atoms with Crippen LogP contribution in [-0.4, -0.2) is 6.85 Å². The van der Waals surface area contributed by atoms with E-state index in [0.717, 1.165) is 30.4 Å². The van der Waals surface area contributed by atoms with Crippen LogP contribution >= 0.6 is 11.3 Å². The number of fused-ring (bicyclic) bond motifs is 15. The number of hydrogen-bond acceptors (Lipinski definition) is 4. The number of para-hydroxylation sites is 1. The van der Waals surface area contributed by atoms with Gasteiger partial charge < -0.3 is 14.1 Å². The zero-order chi connectivity index (χ0) is 50.0. The molecule has 0 saturated carbocycles. The third-order valence-corrected chi connectivity index (χ3v) is 20.8. The summed E-state index contributed by atoms with van der Waals surface area (Å²) >= 11 is 1.98. The van der Waals surface area contributed by atoms with Gasteiger partial charge in [0.1, 0.15) is 5.58 Å². The predicted molar refractivity (Wildman–Crippen MR) is 311 cm³/mol. The number of benzene rings is 7. The highest BCUT2D eigenvalue weighted by atomic mass is 32.1. The SMILES string of the molecule is Cc1cc2c(cc1N1c3ccc4c(sc5ccccc54)c3B3c4c(cc5c(oc6ccccc65)c41)-c1cc4c(cc1N3c1ccc3c(c1)C(C)(C)CCC3(C)C)C(C)(C)CCC4(C)C)C(C)(C)CCC2(C)C. The average molecular weight is 961 g/mol. The molecule has 0 unspecified atom stereocenters. The molecule has 3 nitrogen and oxygen atoms in total. The molecule has 4 heterocycles. The van der Waals surface area contributed by atoms with E-state index in [4.69, 9.17) is 4.42 Å². The Morgan fingerprint density at radius 3 is 1.68 bits per heavy atom. The summed E-state index contributed by atoms with van der Waals surface area (Å²) in [7, 11) is 0. The standard InChI is InChI=1S/C67H69BN2OS/c1-38-32-47-50(66(10,11)30-28-63(47,4)5)36-53(38)69-52-25-23-42-41-19-15-17-21-56(41)72-61(42)58(52)68-57-44(34-45-40-18-14-16-20-55(40)71-60(45)59(57)69)43-35-49-51(67(12,13)31-29-65(49,8)9)37-54(43)70(68)39-22-24-46-48(33-39)64(6,7)27-26-62(46,2)3/h14-25,32-37H,26-31H2,1-13H3. The van der Waals surface area contributed by atoms with E-state index in [1.165, 1.54) is 140 Å². The zero-order valence-corrected chi connectivity index (χ0v) is 45.7. The topological polar surface area (TPSA) is 19.6 Å². The molecule has 5 aliphatic rings. The van der Waals surface area contributed by atoms with Gasteiger partial charge in [-0.1, -0.05) is 138 Å². The number of thiophene rings is 1. The third kappa shape index (κ3) is 5.98. The maximum absolute atomic E-state index is 7.40. The molecule has 0 fully saturated rings. The number of hydrogen-bond donors (Lipinski definition) is 0. The van der Waals surface area contributed by atoms with Crippen LogP contribution in [0.2, 0.25) is 0 Å². The molecule has 0 radical (unpaired) electrons. The third-order valence-electron chi connectivity index (χ3n) is 19.6. The first-order valence-corrected chi connectivity index (χ1v) is 27.9. The minimum Gasteiger partial charge on any atom is -0.454 e. The van der Waals surface area contributed by atoms with Crippen LogP contribution in [0.3, 0.4) is 0 Å². The molecule has 7 aromatic carbocycles. The summed E-state index contributed by atoms with van der Waals surface area (Å²) in [5.74, 6) is 0. The Morgan fingerprint density at radius 1 is 0.458 bits per heavy atom. The first-order valence-electron chi connectivity index (χ1n) is 27.1. The minimum atomic E-state index is -0.160. The molecule has 0 atom stereocenters. The highest BCUT2D eigenvalue weighted by Crippen LogP contribution is 2.58. The van der Waals surface area contributed by atoms with Crippen LogP contribution in [0.15, 0.2) is 114 Å². The van der Waals surface area contributed by atoms with Gasteiger partial charge in [0, 0.05) is 59.3 Å². The van der Waals surface area contributed by atoms with E-state index in [1.807, 2.05) is 11.3 Å². The summed E-state index contributed by atoms with van der Waals surface area (Å²) < 4.78 is 10.1. The van der Waals surface area contributed by atoms with Gasteiger partial charge in [-0.15, -0.1) is 11.3 Å². The minimum absolute atomic E-state index is 0.0237. The van der Waals surface area contributed by atoms with Crippen molar-refractivity contribution < 1.29 is 4.42 Å². The molecule has 14 rings (SSSR count). The van der Waals surface area contributed by atoms with Crippen LogP contribution in [-0.2, 0) is 32.5 Å². The molecule has 0 bridgehead atoms. The summed E-state index contributed by atoms with van der Waals surface area (Å²) in [5.41, 5.74) is 24.1. The molecule has 0 saturated heterocycles. The molecule has 2 aromatic heterocycles. The van der Waals surface area contributed by atoms with Gasteiger partial charge >= 0.3 is 6.85 Å². The first kappa shape index (κ1) is 44.9. The second-order valence-electron chi connectivity index (χ2n) is 26.9. The van der Waals surface area contributed by atoms with Crippen LogP contribution in [0.4, 0.5) is 28.4 Å². The lowest BCUT2D eigenvalue weighted by Crippen LogP contribution is -2.62. The molecular formula is C67H69BN2OS. The molecule has 3 aliphatic carbocycles. The van der Waals surface area contributed by atoms with Gasteiger partial charge in [0.2, 0.25) is 0 Å². The molecule has 362 valence electrons. The molecule has 2 aliphatic heterocycles. The van der Waals surface area contributed by atoms with Gasteiger partial charge in [-0.2, -0.15) is 0 Å². The van der Waals surface area contributed by atoms with E-state index < -0.39 is 0 Å². The number of furan rings is 1. The van der Waals surface area contributed by atoms with E-state index in [9.17, 15) is 0 Å². The number of nitrogens with zero attached hydrogens (tertiary/aromatic N) is 2. The van der Waals surface area contributed by atoms with Crippen molar-refractivity contribution in [2.45, 2.75) is 161 Å². The normalized spacial score (nSPS) is 20.3. The van der Waals surface area contributed by atoms with Crippen molar-refractivity contribution in [1.82, 2.24) is 0 Å². The summed E-state index contributed by atoms with van der Waals surface area (Å²) in [5, 5.41) is 5.02. The zero-order valence-electron chi connectivity index (χ0n) is 44.9. The van der Waals surface area contributed by atoms with Gasteiger partial charge in [0.15, 0.2) is 5.58 Å². The van der Waals surface area contributed by atoms with Crippen molar-refractivity contribution >= 4 is 99.7 Å². The van der Waals surface area contributed by atoms with Gasteiger partial charge in [-0.05, 0) is 188 Å². The quantitative estimate of drug-likeness (QED) is 0.161. The highest BCUT2D eigenvalue weighted by Gasteiger charge is 2.51. The summed E-state index contributed by atoms with van der Waals surface area (Å²) in [6.07, 6.45) is 7.01. The maximum Gasteiger partial charge on any atom is 0.334 e. The average Bonchev–Trinajstić information content (AvgIpc) is 3.92. The van der Waals surface area contributed by atoms with E-state index in [1.54, 1.807) is 0 Å². The van der Waals surface area contributed by atoms with Gasteiger partial charge in [0.25, 0.3) is 0 Å². The highest BCUT2D eigenvalue weighted by molar-refractivity contribution is 7.27. The van der Waals surface area contributed by atoms with Crippen molar-refractivity contribution in [3.05, 3.63) is 148 Å².